The molecule has 1 N–H and O–H groups in total. The van der Waals surface area contributed by atoms with Gasteiger partial charge in [-0.15, -0.1) is 0 Å². The second kappa shape index (κ2) is 6.65. The Kier molecular flexibility index (Phi) is 4.60. The Morgan fingerprint density at radius 2 is 1.87 bits per heavy atom. The minimum Gasteiger partial charge on any atom is -0.497 e. The summed E-state index contributed by atoms with van der Waals surface area (Å²) in [4.78, 5) is 0. The molecule has 2 atom stereocenters. The zero-order valence-electron chi connectivity index (χ0n) is 13.1. The number of aliphatic hydroxyl groups is 1. The number of rotatable bonds is 4. The molecule has 0 spiro atoms. The highest BCUT2D eigenvalue weighted by Gasteiger charge is 2.32. The Morgan fingerprint density at radius 3 is 2.52 bits per heavy atom. The van der Waals surface area contributed by atoms with Crippen molar-refractivity contribution in [3.8, 4) is 11.5 Å². The lowest BCUT2D eigenvalue weighted by molar-refractivity contribution is 0.152. The van der Waals surface area contributed by atoms with Gasteiger partial charge in [-0.3, -0.25) is 0 Å². The monoisotopic (exact) mass is 330 g/mol. The number of hydrogen-bond acceptors (Lipinski definition) is 3. The van der Waals surface area contributed by atoms with Crippen molar-refractivity contribution < 1.29 is 14.6 Å². The van der Waals surface area contributed by atoms with Crippen LogP contribution in [0.15, 0.2) is 54.1 Å². The molecular weight excluding hydrogens is 312 g/mol. The van der Waals surface area contributed by atoms with E-state index in [2.05, 4.69) is 0 Å². The van der Waals surface area contributed by atoms with Crippen molar-refractivity contribution in [3.05, 3.63) is 65.2 Å². The van der Waals surface area contributed by atoms with Gasteiger partial charge in [0.25, 0.3) is 0 Å². The molecule has 23 heavy (non-hydrogen) atoms. The summed E-state index contributed by atoms with van der Waals surface area (Å²) < 4.78 is 11.4. The summed E-state index contributed by atoms with van der Waals surface area (Å²) in [6, 6.07) is 15.2. The third-order valence-corrected chi connectivity index (χ3v) is 4.49. The van der Waals surface area contributed by atoms with E-state index < -0.39 is 12.2 Å². The first-order valence-electron chi connectivity index (χ1n) is 7.63. The number of ether oxygens (including phenoxy) is 2. The van der Waals surface area contributed by atoms with Crippen molar-refractivity contribution in [1.29, 1.82) is 0 Å². The first kappa shape index (κ1) is 15.9. The maximum absolute atomic E-state index is 10.5. The molecule has 0 saturated carbocycles. The molecule has 0 fully saturated rings. The predicted molar refractivity (Wildman–Crippen MR) is 91.9 cm³/mol. The van der Waals surface area contributed by atoms with Gasteiger partial charge in [0.2, 0.25) is 0 Å². The molecule has 0 aliphatic carbocycles. The van der Waals surface area contributed by atoms with Crippen LogP contribution in [0.2, 0.25) is 0 Å². The van der Waals surface area contributed by atoms with E-state index in [0.29, 0.717) is 17.0 Å². The topological polar surface area (TPSA) is 38.7 Å². The van der Waals surface area contributed by atoms with Crippen molar-refractivity contribution in [2.75, 3.05) is 7.11 Å². The lowest BCUT2D eigenvalue weighted by Crippen LogP contribution is -2.24. The zero-order chi connectivity index (χ0) is 16.4. The second-order valence-corrected chi connectivity index (χ2v) is 5.84. The van der Waals surface area contributed by atoms with Crippen LogP contribution in [0.3, 0.4) is 0 Å². The molecule has 3 nitrogen and oxygen atoms in total. The SMILES string of the molecule is CC[C@@H](O)C1=C(Cl)c2ccccc2O[C@@H]1c1ccc(OC)cc1. The molecule has 0 bridgehead atoms. The largest absolute Gasteiger partial charge is 0.497 e. The predicted octanol–water partition coefficient (Wildman–Crippen LogP) is 4.55. The number of methoxy groups -OCH3 is 1. The quantitative estimate of drug-likeness (QED) is 0.893. The Morgan fingerprint density at radius 1 is 1.17 bits per heavy atom. The normalized spacial score (nSPS) is 18.2. The standard InChI is InChI=1S/C19H19ClO3/c1-3-15(21)17-18(20)14-6-4-5-7-16(14)23-19(17)12-8-10-13(22-2)11-9-12/h4-11,15,19,21H,3H2,1-2H3/t15-,19-/m1/s1. The summed E-state index contributed by atoms with van der Waals surface area (Å²) in [6.45, 7) is 1.92. The van der Waals surface area contributed by atoms with E-state index in [4.69, 9.17) is 21.1 Å². The molecule has 120 valence electrons. The summed E-state index contributed by atoms with van der Waals surface area (Å²) in [5.41, 5.74) is 2.46. The zero-order valence-corrected chi connectivity index (χ0v) is 13.9. The maximum atomic E-state index is 10.5. The molecule has 0 amide bonds. The Labute approximate surface area is 141 Å². The van der Waals surface area contributed by atoms with Crippen molar-refractivity contribution in [3.63, 3.8) is 0 Å². The maximum Gasteiger partial charge on any atom is 0.149 e. The van der Waals surface area contributed by atoms with E-state index in [0.717, 1.165) is 22.6 Å². The third kappa shape index (κ3) is 2.94. The highest BCUT2D eigenvalue weighted by Crippen LogP contribution is 2.45. The van der Waals surface area contributed by atoms with Crippen LogP contribution in [-0.2, 0) is 0 Å². The summed E-state index contributed by atoms with van der Waals surface area (Å²) in [5, 5.41) is 11.0. The second-order valence-electron chi connectivity index (χ2n) is 5.46. The fourth-order valence-electron chi connectivity index (χ4n) is 2.78. The van der Waals surface area contributed by atoms with Crippen LogP contribution in [0, 0.1) is 0 Å². The van der Waals surface area contributed by atoms with Gasteiger partial charge in [-0.25, -0.2) is 0 Å². The fraction of sp³-hybridized carbons (Fsp3) is 0.263. The molecule has 0 saturated heterocycles. The van der Waals surface area contributed by atoms with E-state index >= 15 is 0 Å². The summed E-state index contributed by atoms with van der Waals surface area (Å²) in [6.07, 6.45) is -0.481. The number of para-hydroxylation sites is 1. The first-order chi connectivity index (χ1) is 11.2. The Balaban J connectivity index is 2.10. The highest BCUT2D eigenvalue weighted by atomic mass is 35.5. The summed E-state index contributed by atoms with van der Waals surface area (Å²) in [5.74, 6) is 1.50. The first-order valence-corrected chi connectivity index (χ1v) is 8.01. The van der Waals surface area contributed by atoms with Gasteiger partial charge in [0.05, 0.1) is 18.2 Å². The molecule has 0 unspecified atom stereocenters. The van der Waals surface area contributed by atoms with Gasteiger partial charge in [-0.05, 0) is 36.2 Å². The number of hydrogen-bond donors (Lipinski definition) is 1. The van der Waals surface area contributed by atoms with Gasteiger partial charge in [-0.1, -0.05) is 42.8 Å². The number of benzene rings is 2. The van der Waals surface area contributed by atoms with E-state index in [1.54, 1.807) is 7.11 Å². The van der Waals surface area contributed by atoms with Crippen molar-refractivity contribution in [2.45, 2.75) is 25.6 Å². The Bertz CT molecular complexity index is 722. The van der Waals surface area contributed by atoms with Crippen LogP contribution in [0.4, 0.5) is 0 Å². The minimum atomic E-state index is -0.650. The molecule has 4 heteroatoms. The van der Waals surface area contributed by atoms with Gasteiger partial charge in [0.15, 0.2) is 0 Å². The van der Waals surface area contributed by atoms with Crippen LogP contribution in [-0.4, -0.2) is 18.3 Å². The smallest absolute Gasteiger partial charge is 0.149 e. The average molecular weight is 331 g/mol. The molecule has 1 aliphatic heterocycles. The fourth-order valence-corrected chi connectivity index (χ4v) is 3.16. The molecular formula is C19H19ClO3. The molecule has 1 heterocycles. The highest BCUT2D eigenvalue weighted by molar-refractivity contribution is 6.49. The molecule has 2 aromatic carbocycles. The van der Waals surface area contributed by atoms with Crippen molar-refractivity contribution >= 4 is 16.6 Å². The lowest BCUT2D eigenvalue weighted by Gasteiger charge is -2.31. The van der Waals surface area contributed by atoms with E-state index in [9.17, 15) is 5.11 Å². The van der Waals surface area contributed by atoms with Gasteiger partial charge < -0.3 is 14.6 Å². The Hall–Kier alpha value is -1.97. The van der Waals surface area contributed by atoms with E-state index in [1.165, 1.54) is 0 Å². The number of aliphatic hydroxyl groups excluding tert-OH is 1. The minimum absolute atomic E-state index is 0.404. The van der Waals surface area contributed by atoms with Gasteiger partial charge in [-0.2, -0.15) is 0 Å². The summed E-state index contributed by atoms with van der Waals surface area (Å²) in [7, 11) is 1.63. The van der Waals surface area contributed by atoms with Crippen LogP contribution in [0.1, 0.15) is 30.6 Å². The van der Waals surface area contributed by atoms with Crippen LogP contribution in [0.25, 0.3) is 5.03 Å². The van der Waals surface area contributed by atoms with Crippen LogP contribution < -0.4 is 9.47 Å². The average Bonchev–Trinajstić information content (AvgIpc) is 2.61. The van der Waals surface area contributed by atoms with Crippen LogP contribution >= 0.6 is 11.6 Å². The third-order valence-electron chi connectivity index (χ3n) is 4.07. The number of fused-ring (bicyclic) bond motifs is 1. The molecule has 0 aromatic heterocycles. The van der Waals surface area contributed by atoms with Crippen molar-refractivity contribution in [2.24, 2.45) is 0 Å². The van der Waals surface area contributed by atoms with Crippen LogP contribution in [0.5, 0.6) is 11.5 Å². The number of halogens is 1. The van der Waals surface area contributed by atoms with Gasteiger partial charge in [0.1, 0.15) is 17.6 Å². The molecule has 3 rings (SSSR count). The van der Waals surface area contributed by atoms with Crippen molar-refractivity contribution in [1.82, 2.24) is 0 Å². The summed E-state index contributed by atoms with van der Waals surface area (Å²) >= 11 is 6.60. The lowest BCUT2D eigenvalue weighted by atomic mass is 9.91. The molecule has 1 aliphatic rings. The molecule has 0 radical (unpaired) electrons. The van der Waals surface area contributed by atoms with E-state index in [1.807, 2.05) is 55.5 Å². The van der Waals surface area contributed by atoms with Gasteiger partial charge >= 0.3 is 0 Å². The molecule has 2 aromatic rings. The van der Waals surface area contributed by atoms with E-state index in [-0.39, 0.29) is 0 Å². The van der Waals surface area contributed by atoms with Gasteiger partial charge in [0, 0.05) is 11.1 Å².